The summed E-state index contributed by atoms with van der Waals surface area (Å²) in [5, 5.41) is 9.07. The minimum atomic E-state index is 0.284. The van der Waals surface area contributed by atoms with Crippen molar-refractivity contribution in [1.82, 2.24) is 9.80 Å². The van der Waals surface area contributed by atoms with Gasteiger partial charge in [-0.1, -0.05) is 18.6 Å². The van der Waals surface area contributed by atoms with Gasteiger partial charge in [0.25, 0.3) is 0 Å². The van der Waals surface area contributed by atoms with Gasteiger partial charge in [-0.25, -0.2) is 0 Å². The van der Waals surface area contributed by atoms with Crippen LogP contribution in [0.5, 0.6) is 0 Å². The van der Waals surface area contributed by atoms with Crippen molar-refractivity contribution in [2.75, 3.05) is 39.3 Å². The Morgan fingerprint density at radius 3 is 2.74 bits per heavy atom. The van der Waals surface area contributed by atoms with E-state index in [-0.39, 0.29) is 6.61 Å². The largest absolute Gasteiger partial charge is 0.395 e. The molecule has 0 saturated carbocycles. The molecule has 0 radical (unpaired) electrons. The molecule has 0 aromatic carbocycles. The van der Waals surface area contributed by atoms with Crippen molar-refractivity contribution in [3.8, 4) is 0 Å². The van der Waals surface area contributed by atoms with Crippen LogP contribution >= 0.6 is 0 Å². The Morgan fingerprint density at radius 1 is 1.32 bits per heavy atom. The third-order valence-corrected chi connectivity index (χ3v) is 5.05. The molecule has 2 rings (SSSR count). The third kappa shape index (κ3) is 3.80. The van der Waals surface area contributed by atoms with Crippen molar-refractivity contribution >= 4 is 0 Å². The molecule has 1 saturated heterocycles. The first-order valence-electron chi connectivity index (χ1n) is 7.85. The molecule has 1 fully saturated rings. The van der Waals surface area contributed by atoms with E-state index in [1.807, 2.05) is 0 Å². The van der Waals surface area contributed by atoms with Crippen LogP contribution in [0, 0.1) is 11.8 Å². The lowest BCUT2D eigenvalue weighted by Crippen LogP contribution is -2.53. The fraction of sp³-hybridized carbons (Fsp3) is 0.875. The van der Waals surface area contributed by atoms with Gasteiger partial charge < -0.3 is 5.11 Å². The second kappa shape index (κ2) is 6.87. The van der Waals surface area contributed by atoms with Crippen LogP contribution in [0.25, 0.3) is 0 Å². The van der Waals surface area contributed by atoms with Crippen molar-refractivity contribution in [3.05, 3.63) is 11.6 Å². The molecule has 0 aromatic rings. The fourth-order valence-electron chi connectivity index (χ4n) is 3.67. The number of hydrogen-bond acceptors (Lipinski definition) is 3. The normalized spacial score (nSPS) is 34.3. The Bertz CT molecular complexity index is 316. The van der Waals surface area contributed by atoms with Gasteiger partial charge in [0.1, 0.15) is 0 Å². The lowest BCUT2D eigenvalue weighted by molar-refractivity contribution is 0.0575. The molecule has 3 atom stereocenters. The van der Waals surface area contributed by atoms with Gasteiger partial charge in [-0.3, -0.25) is 9.80 Å². The standard InChI is InChI=1S/C16H30N2O/c1-13-5-4-6-14(2)16(13)12-17-7-8-18(9-10-19)15(3)11-17/h5,14-16,19H,4,6-12H2,1-3H3/t14-,15+,16+/m0/s1. The molecule has 0 amide bonds. The average Bonchev–Trinajstić information content (AvgIpc) is 2.37. The molecule has 1 aliphatic heterocycles. The van der Waals surface area contributed by atoms with Gasteiger partial charge in [-0.15, -0.1) is 0 Å². The Labute approximate surface area is 118 Å². The van der Waals surface area contributed by atoms with E-state index in [0.29, 0.717) is 6.04 Å². The Morgan fingerprint density at radius 2 is 2.11 bits per heavy atom. The first-order chi connectivity index (χ1) is 9.11. The quantitative estimate of drug-likeness (QED) is 0.788. The molecular weight excluding hydrogens is 236 g/mol. The lowest BCUT2D eigenvalue weighted by atomic mass is 9.79. The molecule has 1 N–H and O–H groups in total. The fourth-order valence-corrected chi connectivity index (χ4v) is 3.67. The lowest BCUT2D eigenvalue weighted by Gasteiger charge is -2.42. The molecule has 0 bridgehead atoms. The first kappa shape index (κ1) is 15.0. The smallest absolute Gasteiger partial charge is 0.0558 e. The van der Waals surface area contributed by atoms with Crippen LogP contribution in [0.4, 0.5) is 0 Å². The molecule has 0 spiro atoms. The van der Waals surface area contributed by atoms with Crippen LogP contribution in [-0.2, 0) is 0 Å². The summed E-state index contributed by atoms with van der Waals surface area (Å²) in [6.45, 7) is 12.7. The topological polar surface area (TPSA) is 26.7 Å². The van der Waals surface area contributed by atoms with E-state index in [1.165, 1.54) is 19.4 Å². The summed E-state index contributed by atoms with van der Waals surface area (Å²) in [6.07, 6.45) is 5.06. The predicted molar refractivity (Wildman–Crippen MR) is 80.2 cm³/mol. The van der Waals surface area contributed by atoms with Crippen molar-refractivity contribution in [1.29, 1.82) is 0 Å². The third-order valence-electron chi connectivity index (χ3n) is 5.05. The number of aliphatic hydroxyl groups excluding tert-OH is 1. The van der Waals surface area contributed by atoms with Crippen LogP contribution in [0.3, 0.4) is 0 Å². The maximum atomic E-state index is 9.07. The SMILES string of the molecule is CC1=CCC[C@H](C)[C@@H]1CN1CCN(CCO)[C@H](C)C1. The second-order valence-electron chi connectivity index (χ2n) is 6.48. The highest BCUT2D eigenvalue weighted by Crippen LogP contribution is 2.31. The Balaban J connectivity index is 1.87. The van der Waals surface area contributed by atoms with Crippen molar-refractivity contribution in [2.24, 2.45) is 11.8 Å². The molecule has 2 aliphatic rings. The Hall–Kier alpha value is -0.380. The number of hydrogen-bond donors (Lipinski definition) is 1. The van der Waals surface area contributed by atoms with E-state index < -0.39 is 0 Å². The van der Waals surface area contributed by atoms with E-state index in [0.717, 1.165) is 38.0 Å². The predicted octanol–water partition coefficient (Wildman–Crippen LogP) is 1.98. The molecule has 1 heterocycles. The van der Waals surface area contributed by atoms with Gasteiger partial charge in [0.2, 0.25) is 0 Å². The summed E-state index contributed by atoms with van der Waals surface area (Å²) >= 11 is 0. The van der Waals surface area contributed by atoms with Crippen molar-refractivity contribution < 1.29 is 5.11 Å². The maximum Gasteiger partial charge on any atom is 0.0558 e. The van der Waals surface area contributed by atoms with Crippen molar-refractivity contribution in [3.63, 3.8) is 0 Å². The van der Waals surface area contributed by atoms with Crippen LogP contribution in [0.1, 0.15) is 33.6 Å². The highest BCUT2D eigenvalue weighted by atomic mass is 16.3. The minimum Gasteiger partial charge on any atom is -0.395 e. The van der Waals surface area contributed by atoms with Gasteiger partial charge in [0, 0.05) is 38.8 Å². The molecule has 0 aromatic heterocycles. The summed E-state index contributed by atoms with van der Waals surface area (Å²) in [4.78, 5) is 5.03. The van der Waals surface area contributed by atoms with Gasteiger partial charge in [-0.05, 0) is 38.5 Å². The van der Waals surface area contributed by atoms with Crippen LogP contribution in [0.2, 0.25) is 0 Å². The van der Waals surface area contributed by atoms with Gasteiger partial charge >= 0.3 is 0 Å². The molecule has 0 unspecified atom stereocenters. The highest BCUT2D eigenvalue weighted by molar-refractivity contribution is 5.09. The molecule has 1 aliphatic carbocycles. The average molecular weight is 266 g/mol. The van der Waals surface area contributed by atoms with E-state index in [1.54, 1.807) is 5.57 Å². The summed E-state index contributed by atoms with van der Waals surface area (Å²) < 4.78 is 0. The molecular formula is C16H30N2O. The Kier molecular flexibility index (Phi) is 5.43. The second-order valence-corrected chi connectivity index (χ2v) is 6.48. The minimum absolute atomic E-state index is 0.284. The zero-order valence-electron chi connectivity index (χ0n) is 12.8. The van der Waals surface area contributed by atoms with Gasteiger partial charge in [0.05, 0.1) is 6.61 Å². The van der Waals surface area contributed by atoms with E-state index in [9.17, 15) is 0 Å². The molecule has 3 nitrogen and oxygen atoms in total. The van der Waals surface area contributed by atoms with Gasteiger partial charge in [0.15, 0.2) is 0 Å². The molecule has 3 heteroatoms. The number of rotatable bonds is 4. The summed E-state index contributed by atoms with van der Waals surface area (Å²) in [7, 11) is 0. The zero-order chi connectivity index (χ0) is 13.8. The summed E-state index contributed by atoms with van der Waals surface area (Å²) in [5.41, 5.74) is 1.60. The molecule has 19 heavy (non-hydrogen) atoms. The van der Waals surface area contributed by atoms with E-state index >= 15 is 0 Å². The van der Waals surface area contributed by atoms with Crippen LogP contribution < -0.4 is 0 Å². The van der Waals surface area contributed by atoms with E-state index in [2.05, 4.69) is 36.6 Å². The zero-order valence-corrected chi connectivity index (χ0v) is 12.8. The summed E-state index contributed by atoms with van der Waals surface area (Å²) in [5.74, 6) is 1.58. The first-order valence-corrected chi connectivity index (χ1v) is 7.85. The van der Waals surface area contributed by atoms with Crippen LogP contribution in [0.15, 0.2) is 11.6 Å². The maximum absolute atomic E-state index is 9.07. The van der Waals surface area contributed by atoms with Gasteiger partial charge in [-0.2, -0.15) is 0 Å². The summed E-state index contributed by atoms with van der Waals surface area (Å²) in [6, 6.07) is 0.573. The van der Waals surface area contributed by atoms with Crippen molar-refractivity contribution in [2.45, 2.75) is 39.7 Å². The number of aliphatic hydroxyl groups is 1. The number of nitrogens with zero attached hydrogens (tertiary/aromatic N) is 2. The monoisotopic (exact) mass is 266 g/mol. The van der Waals surface area contributed by atoms with Crippen LogP contribution in [-0.4, -0.2) is 60.3 Å². The molecule has 110 valence electrons. The van der Waals surface area contributed by atoms with E-state index in [4.69, 9.17) is 5.11 Å². The number of β-amino-alcohol motifs (C(OH)–C–C–N with tert-alkyl or cyclic N) is 1. The number of allylic oxidation sites excluding steroid dienone is 1. The highest BCUT2D eigenvalue weighted by Gasteiger charge is 2.28. The number of piperazine rings is 1.